The van der Waals surface area contributed by atoms with Gasteiger partial charge in [0.2, 0.25) is 0 Å². The fourth-order valence-corrected chi connectivity index (χ4v) is 2.79. The van der Waals surface area contributed by atoms with Crippen LogP contribution in [0.2, 0.25) is 10.0 Å². The quantitative estimate of drug-likeness (QED) is 0.891. The van der Waals surface area contributed by atoms with Crippen LogP contribution in [0.1, 0.15) is 18.4 Å². The Balaban J connectivity index is 2.02. The molecule has 1 N–H and O–H groups in total. The van der Waals surface area contributed by atoms with Gasteiger partial charge in [0.1, 0.15) is 0 Å². The van der Waals surface area contributed by atoms with Crippen molar-refractivity contribution < 1.29 is 18.3 Å². The zero-order chi connectivity index (χ0) is 15.0. The third kappa shape index (κ3) is 3.22. The summed E-state index contributed by atoms with van der Waals surface area (Å²) in [5, 5.41) is 10.6. The lowest BCUT2D eigenvalue weighted by Gasteiger charge is -2.39. The van der Waals surface area contributed by atoms with Crippen molar-refractivity contribution in [1.29, 1.82) is 0 Å². The molecule has 1 aliphatic heterocycles. The highest BCUT2D eigenvalue weighted by molar-refractivity contribution is 6.35. The van der Waals surface area contributed by atoms with Crippen LogP contribution in [0, 0.1) is 0 Å². The largest absolute Gasteiger partial charge is 0.417 e. The van der Waals surface area contributed by atoms with Gasteiger partial charge in [-0.3, -0.25) is 4.90 Å². The average molecular weight is 328 g/mol. The van der Waals surface area contributed by atoms with Crippen molar-refractivity contribution in [2.45, 2.75) is 31.2 Å². The molecule has 1 aromatic carbocycles. The maximum atomic E-state index is 12.7. The lowest BCUT2D eigenvalue weighted by Crippen LogP contribution is -2.53. The summed E-state index contributed by atoms with van der Waals surface area (Å²) in [4.78, 5) is 1.81. The lowest BCUT2D eigenvalue weighted by molar-refractivity contribution is -0.272. The number of aliphatic hydroxyl groups is 1. The van der Waals surface area contributed by atoms with E-state index in [-0.39, 0.29) is 25.9 Å². The molecule has 0 radical (unpaired) electrons. The smallest absolute Gasteiger partial charge is 0.380 e. The molecule has 0 saturated carbocycles. The van der Waals surface area contributed by atoms with Gasteiger partial charge in [-0.1, -0.05) is 29.3 Å². The van der Waals surface area contributed by atoms with Crippen LogP contribution >= 0.6 is 23.2 Å². The minimum Gasteiger partial charge on any atom is -0.380 e. The molecular formula is C13H14Cl2F3NO. The number of halogens is 5. The fourth-order valence-electron chi connectivity index (χ4n) is 2.27. The molecule has 0 amide bonds. The van der Waals surface area contributed by atoms with Crippen LogP contribution in [0.4, 0.5) is 13.2 Å². The molecule has 2 nitrogen and oxygen atoms in total. The van der Waals surface area contributed by atoms with Crippen LogP contribution in [-0.4, -0.2) is 34.9 Å². The van der Waals surface area contributed by atoms with Gasteiger partial charge in [-0.2, -0.15) is 13.2 Å². The number of hydrogen-bond donors (Lipinski definition) is 1. The van der Waals surface area contributed by atoms with Crippen molar-refractivity contribution in [3.8, 4) is 0 Å². The zero-order valence-corrected chi connectivity index (χ0v) is 12.1. The van der Waals surface area contributed by atoms with E-state index < -0.39 is 11.8 Å². The van der Waals surface area contributed by atoms with Crippen molar-refractivity contribution in [3.05, 3.63) is 33.8 Å². The summed E-state index contributed by atoms with van der Waals surface area (Å²) in [6.45, 7) is 0.682. The SMILES string of the molecule is OC1(C(F)(F)F)CCN(Cc2c(Cl)cccc2Cl)CC1. The molecule has 0 aliphatic carbocycles. The summed E-state index contributed by atoms with van der Waals surface area (Å²) >= 11 is 12.1. The minimum atomic E-state index is -4.58. The minimum absolute atomic E-state index is 0.150. The van der Waals surface area contributed by atoms with Gasteiger partial charge in [0.15, 0.2) is 5.60 Å². The maximum Gasteiger partial charge on any atom is 0.417 e. The Morgan fingerprint density at radius 1 is 1.15 bits per heavy atom. The highest BCUT2D eigenvalue weighted by Gasteiger charge is 2.54. The molecular weight excluding hydrogens is 314 g/mol. The number of hydrogen-bond acceptors (Lipinski definition) is 2. The molecule has 0 aromatic heterocycles. The molecule has 7 heteroatoms. The highest BCUT2D eigenvalue weighted by Crippen LogP contribution is 2.39. The van der Waals surface area contributed by atoms with Crippen LogP contribution in [0.15, 0.2) is 18.2 Å². The molecule has 112 valence electrons. The van der Waals surface area contributed by atoms with E-state index in [1.165, 1.54) is 0 Å². The van der Waals surface area contributed by atoms with Crippen LogP contribution in [-0.2, 0) is 6.54 Å². The summed E-state index contributed by atoms with van der Waals surface area (Å²) in [6.07, 6.45) is -5.25. The number of alkyl halides is 3. The van der Waals surface area contributed by atoms with Gasteiger partial charge in [-0.05, 0) is 25.0 Å². The Hall–Kier alpha value is -0.490. The van der Waals surface area contributed by atoms with E-state index in [1.54, 1.807) is 18.2 Å². The Morgan fingerprint density at radius 2 is 1.65 bits per heavy atom. The summed E-state index contributed by atoms with van der Waals surface area (Å²) in [6, 6.07) is 5.10. The van der Waals surface area contributed by atoms with Crippen molar-refractivity contribution in [2.75, 3.05) is 13.1 Å². The number of likely N-dealkylation sites (tertiary alicyclic amines) is 1. The van der Waals surface area contributed by atoms with Gasteiger partial charge in [0.25, 0.3) is 0 Å². The van der Waals surface area contributed by atoms with Gasteiger partial charge in [0, 0.05) is 35.2 Å². The molecule has 1 aliphatic rings. The maximum absolute atomic E-state index is 12.7. The second-order valence-electron chi connectivity index (χ2n) is 5.01. The molecule has 0 atom stereocenters. The third-order valence-corrected chi connectivity index (χ3v) is 4.36. The van der Waals surface area contributed by atoms with Crippen molar-refractivity contribution in [1.82, 2.24) is 4.90 Å². The van der Waals surface area contributed by atoms with Gasteiger partial charge in [0.05, 0.1) is 0 Å². The molecule has 0 spiro atoms. The normalized spacial score (nSPS) is 20.1. The van der Waals surface area contributed by atoms with Gasteiger partial charge in [-0.15, -0.1) is 0 Å². The Labute approximate surface area is 125 Å². The lowest BCUT2D eigenvalue weighted by atomic mass is 9.90. The molecule has 2 rings (SSSR count). The standard InChI is InChI=1S/C13H14Cl2F3NO/c14-10-2-1-3-11(15)9(10)8-19-6-4-12(20,5-7-19)13(16,17)18/h1-3,20H,4-8H2. The molecule has 1 aromatic rings. The first-order chi connectivity index (χ1) is 9.23. The molecule has 0 unspecified atom stereocenters. The summed E-state index contributed by atoms with van der Waals surface area (Å²) in [7, 11) is 0. The van der Waals surface area contributed by atoms with Gasteiger partial charge in [-0.25, -0.2) is 0 Å². The monoisotopic (exact) mass is 327 g/mol. The molecule has 1 saturated heterocycles. The van der Waals surface area contributed by atoms with E-state index in [1.807, 2.05) is 4.90 Å². The highest BCUT2D eigenvalue weighted by atomic mass is 35.5. The van der Waals surface area contributed by atoms with Crippen molar-refractivity contribution in [3.63, 3.8) is 0 Å². The summed E-state index contributed by atoms with van der Waals surface area (Å²) < 4.78 is 38.1. The van der Waals surface area contributed by atoms with Crippen molar-refractivity contribution in [2.24, 2.45) is 0 Å². The topological polar surface area (TPSA) is 23.5 Å². The predicted molar refractivity (Wildman–Crippen MR) is 72.0 cm³/mol. The summed E-state index contributed by atoms with van der Waals surface area (Å²) in [5.41, 5.74) is -1.87. The molecule has 0 bridgehead atoms. The van der Waals surface area contributed by atoms with Crippen LogP contribution in [0.25, 0.3) is 0 Å². The molecule has 1 fully saturated rings. The van der Waals surface area contributed by atoms with E-state index in [0.29, 0.717) is 22.2 Å². The Kier molecular flexibility index (Phi) is 4.54. The van der Waals surface area contributed by atoms with E-state index in [0.717, 1.165) is 0 Å². The van der Waals surface area contributed by atoms with E-state index >= 15 is 0 Å². The third-order valence-electron chi connectivity index (χ3n) is 3.65. The first-order valence-corrected chi connectivity index (χ1v) is 6.93. The number of piperidine rings is 1. The van der Waals surface area contributed by atoms with E-state index in [4.69, 9.17) is 23.2 Å². The van der Waals surface area contributed by atoms with Gasteiger partial charge >= 0.3 is 6.18 Å². The number of nitrogens with zero attached hydrogens (tertiary/aromatic N) is 1. The second-order valence-corrected chi connectivity index (χ2v) is 5.82. The van der Waals surface area contributed by atoms with E-state index in [2.05, 4.69) is 0 Å². The average Bonchev–Trinajstić information content (AvgIpc) is 2.35. The van der Waals surface area contributed by atoms with Crippen LogP contribution in [0.3, 0.4) is 0 Å². The van der Waals surface area contributed by atoms with E-state index in [9.17, 15) is 18.3 Å². The van der Waals surface area contributed by atoms with Crippen molar-refractivity contribution >= 4 is 23.2 Å². The summed E-state index contributed by atoms with van der Waals surface area (Å²) in [5.74, 6) is 0. The predicted octanol–water partition coefficient (Wildman–Crippen LogP) is 3.88. The van der Waals surface area contributed by atoms with Crippen LogP contribution in [0.5, 0.6) is 0 Å². The Bertz CT molecular complexity index is 465. The second kappa shape index (κ2) is 5.72. The molecule has 20 heavy (non-hydrogen) atoms. The Morgan fingerprint density at radius 3 is 2.10 bits per heavy atom. The molecule has 1 heterocycles. The first-order valence-electron chi connectivity index (χ1n) is 6.17. The first kappa shape index (κ1) is 15.9. The zero-order valence-electron chi connectivity index (χ0n) is 10.6. The fraction of sp³-hybridized carbons (Fsp3) is 0.538. The number of benzene rings is 1. The van der Waals surface area contributed by atoms with Gasteiger partial charge < -0.3 is 5.11 Å². The number of rotatable bonds is 2. The van der Waals surface area contributed by atoms with Crippen LogP contribution < -0.4 is 0 Å².